The molecule has 0 aromatic heterocycles. The predicted molar refractivity (Wildman–Crippen MR) is 81.7 cm³/mol. The van der Waals surface area contributed by atoms with Gasteiger partial charge in [-0.25, -0.2) is 4.39 Å². The van der Waals surface area contributed by atoms with Gasteiger partial charge in [-0.05, 0) is 54.7 Å². The summed E-state index contributed by atoms with van der Waals surface area (Å²) >= 11 is 5.95. The number of rotatable bonds is 4. The zero-order valence-electron chi connectivity index (χ0n) is 11.3. The summed E-state index contributed by atoms with van der Waals surface area (Å²) in [5, 5.41) is 12.9. The van der Waals surface area contributed by atoms with Crippen molar-refractivity contribution in [1.29, 1.82) is 5.26 Å². The highest BCUT2D eigenvalue weighted by molar-refractivity contribution is 6.31. The Hall–Kier alpha value is -2.05. The maximum atomic E-state index is 13.1. The van der Waals surface area contributed by atoms with Gasteiger partial charge in [-0.1, -0.05) is 23.7 Å². The van der Waals surface area contributed by atoms with Crippen molar-refractivity contribution < 1.29 is 4.39 Å². The lowest BCUT2D eigenvalue weighted by atomic mass is 10.0. The first-order chi connectivity index (χ1) is 10.2. The molecule has 2 nitrogen and oxygen atoms in total. The molecule has 1 fully saturated rings. The maximum Gasteiger partial charge on any atom is 0.123 e. The number of hydrogen-bond acceptors (Lipinski definition) is 2. The first kappa shape index (κ1) is 13.9. The monoisotopic (exact) mass is 300 g/mol. The Kier molecular flexibility index (Phi) is 3.81. The number of nitriles is 1. The van der Waals surface area contributed by atoms with Crippen LogP contribution < -0.4 is 5.32 Å². The maximum absolute atomic E-state index is 13.1. The van der Waals surface area contributed by atoms with Crippen LogP contribution in [0.1, 0.15) is 30.0 Å². The predicted octanol–water partition coefficient (Wildman–Crippen LogP) is 4.91. The summed E-state index contributed by atoms with van der Waals surface area (Å²) in [6, 6.07) is 14.1. The molecule has 1 N–H and O–H groups in total. The normalized spacial score (nSPS) is 15.3. The first-order valence-corrected chi connectivity index (χ1v) is 7.27. The van der Waals surface area contributed by atoms with Crippen LogP contribution in [0.15, 0.2) is 42.5 Å². The summed E-state index contributed by atoms with van der Waals surface area (Å²) in [4.78, 5) is 0. The second kappa shape index (κ2) is 5.75. The number of benzene rings is 2. The molecule has 0 spiro atoms. The minimum atomic E-state index is -0.230. The summed E-state index contributed by atoms with van der Waals surface area (Å²) in [6.07, 6.45) is 2.32. The average Bonchev–Trinajstić information content (AvgIpc) is 3.32. The number of nitrogens with zero attached hydrogens (tertiary/aromatic N) is 1. The van der Waals surface area contributed by atoms with Gasteiger partial charge in [0.2, 0.25) is 0 Å². The highest BCUT2D eigenvalue weighted by Crippen LogP contribution is 2.43. The molecule has 2 aromatic rings. The molecular formula is C17H14ClFN2. The summed E-state index contributed by atoms with van der Waals surface area (Å²) in [5.41, 5.74) is 2.37. The van der Waals surface area contributed by atoms with E-state index in [9.17, 15) is 4.39 Å². The average molecular weight is 301 g/mol. The van der Waals surface area contributed by atoms with Gasteiger partial charge in [-0.2, -0.15) is 5.26 Å². The summed E-state index contributed by atoms with van der Waals surface area (Å²) < 4.78 is 13.1. The third-order valence-corrected chi connectivity index (χ3v) is 4.06. The van der Waals surface area contributed by atoms with Crippen LogP contribution in [0.4, 0.5) is 10.1 Å². The van der Waals surface area contributed by atoms with Crippen LogP contribution >= 0.6 is 11.6 Å². The van der Waals surface area contributed by atoms with Crippen LogP contribution in [0.3, 0.4) is 0 Å². The van der Waals surface area contributed by atoms with E-state index in [2.05, 4.69) is 11.4 Å². The van der Waals surface area contributed by atoms with E-state index in [-0.39, 0.29) is 11.9 Å². The van der Waals surface area contributed by atoms with Crippen molar-refractivity contribution >= 4 is 17.3 Å². The fourth-order valence-corrected chi connectivity index (χ4v) is 2.61. The third kappa shape index (κ3) is 3.17. The van der Waals surface area contributed by atoms with Crippen LogP contribution in [0.5, 0.6) is 0 Å². The minimum absolute atomic E-state index is 0.137. The van der Waals surface area contributed by atoms with Gasteiger partial charge in [0.15, 0.2) is 0 Å². The second-order valence-electron chi connectivity index (χ2n) is 5.32. The number of anilines is 1. The Morgan fingerprint density at radius 1 is 1.19 bits per heavy atom. The molecule has 0 amide bonds. The van der Waals surface area contributed by atoms with Gasteiger partial charge >= 0.3 is 0 Å². The lowest BCUT2D eigenvalue weighted by Gasteiger charge is -2.20. The quantitative estimate of drug-likeness (QED) is 0.870. The fraction of sp³-hybridized carbons (Fsp3) is 0.235. The van der Waals surface area contributed by atoms with E-state index in [0.29, 0.717) is 16.5 Å². The lowest BCUT2D eigenvalue weighted by Crippen LogP contribution is -2.13. The van der Waals surface area contributed by atoms with Crippen LogP contribution in [-0.2, 0) is 0 Å². The molecule has 1 saturated carbocycles. The summed E-state index contributed by atoms with van der Waals surface area (Å²) in [7, 11) is 0. The second-order valence-corrected chi connectivity index (χ2v) is 5.72. The Labute approximate surface area is 128 Å². The SMILES string of the molecule is N#Cc1cc(NC(c2ccc(F)cc2)C2CC2)ccc1Cl. The molecule has 2 aromatic carbocycles. The Morgan fingerprint density at radius 3 is 2.52 bits per heavy atom. The van der Waals surface area contributed by atoms with Gasteiger partial charge in [-0.3, -0.25) is 0 Å². The molecule has 0 heterocycles. The minimum Gasteiger partial charge on any atom is -0.378 e. The van der Waals surface area contributed by atoms with E-state index < -0.39 is 0 Å². The van der Waals surface area contributed by atoms with Crippen molar-refractivity contribution in [3.63, 3.8) is 0 Å². The standard InChI is InChI=1S/C17H14ClFN2/c18-16-8-7-15(9-13(16)10-20)21-17(11-1-2-11)12-3-5-14(19)6-4-12/h3-9,11,17,21H,1-2H2. The van der Waals surface area contributed by atoms with Crippen LogP contribution in [-0.4, -0.2) is 0 Å². The smallest absolute Gasteiger partial charge is 0.123 e. The van der Waals surface area contributed by atoms with Gasteiger partial charge in [-0.15, -0.1) is 0 Å². The van der Waals surface area contributed by atoms with Crippen LogP contribution in [0.2, 0.25) is 5.02 Å². The molecule has 3 rings (SSSR count). The van der Waals surface area contributed by atoms with Crippen molar-refractivity contribution in [2.45, 2.75) is 18.9 Å². The molecule has 1 atom stereocenters. The highest BCUT2D eigenvalue weighted by atomic mass is 35.5. The molecule has 0 saturated heterocycles. The van der Waals surface area contributed by atoms with E-state index in [1.54, 1.807) is 12.1 Å². The van der Waals surface area contributed by atoms with E-state index in [1.807, 2.05) is 18.2 Å². The topological polar surface area (TPSA) is 35.8 Å². The van der Waals surface area contributed by atoms with E-state index in [0.717, 1.165) is 24.1 Å². The van der Waals surface area contributed by atoms with Crippen molar-refractivity contribution in [2.24, 2.45) is 5.92 Å². The molecule has 1 unspecified atom stereocenters. The fourth-order valence-electron chi connectivity index (χ4n) is 2.45. The Bertz CT molecular complexity index is 687. The van der Waals surface area contributed by atoms with Crippen LogP contribution in [0.25, 0.3) is 0 Å². The Balaban J connectivity index is 1.86. The molecule has 0 bridgehead atoms. The Morgan fingerprint density at radius 2 is 1.90 bits per heavy atom. The third-order valence-electron chi connectivity index (χ3n) is 3.73. The van der Waals surface area contributed by atoms with Gasteiger partial charge in [0, 0.05) is 5.69 Å². The highest BCUT2D eigenvalue weighted by Gasteiger charge is 2.32. The largest absolute Gasteiger partial charge is 0.378 e. The summed E-state index contributed by atoms with van der Waals surface area (Å²) in [6.45, 7) is 0. The molecule has 1 aliphatic carbocycles. The molecule has 0 radical (unpaired) electrons. The number of hydrogen-bond donors (Lipinski definition) is 1. The molecule has 1 aliphatic rings. The van der Waals surface area contributed by atoms with Gasteiger partial charge in [0.25, 0.3) is 0 Å². The molecule has 4 heteroatoms. The van der Waals surface area contributed by atoms with E-state index in [4.69, 9.17) is 16.9 Å². The lowest BCUT2D eigenvalue weighted by molar-refractivity contribution is 0.622. The van der Waals surface area contributed by atoms with E-state index in [1.165, 1.54) is 12.1 Å². The number of halogens is 2. The molecule has 106 valence electrons. The van der Waals surface area contributed by atoms with Crippen LogP contribution in [0, 0.1) is 23.1 Å². The number of nitrogens with one attached hydrogen (secondary N) is 1. The van der Waals surface area contributed by atoms with Gasteiger partial charge in [0.05, 0.1) is 16.6 Å². The molecule has 0 aliphatic heterocycles. The van der Waals surface area contributed by atoms with Crippen molar-refractivity contribution in [2.75, 3.05) is 5.32 Å². The van der Waals surface area contributed by atoms with Gasteiger partial charge < -0.3 is 5.32 Å². The van der Waals surface area contributed by atoms with Crippen molar-refractivity contribution in [1.82, 2.24) is 0 Å². The van der Waals surface area contributed by atoms with Crippen molar-refractivity contribution in [3.8, 4) is 6.07 Å². The summed E-state index contributed by atoms with van der Waals surface area (Å²) in [5.74, 6) is 0.322. The van der Waals surface area contributed by atoms with Gasteiger partial charge in [0.1, 0.15) is 11.9 Å². The zero-order chi connectivity index (χ0) is 14.8. The van der Waals surface area contributed by atoms with E-state index >= 15 is 0 Å². The zero-order valence-corrected chi connectivity index (χ0v) is 12.1. The molecular weight excluding hydrogens is 287 g/mol. The first-order valence-electron chi connectivity index (χ1n) is 6.89. The van der Waals surface area contributed by atoms with Crippen molar-refractivity contribution in [3.05, 3.63) is 64.4 Å². The molecule has 21 heavy (non-hydrogen) atoms.